The molecule has 0 aliphatic rings. The molecule has 1 heterocycles. The van der Waals surface area contributed by atoms with Crippen LogP contribution in [-0.4, -0.2) is 16.1 Å². The Morgan fingerprint density at radius 3 is 2.75 bits per heavy atom. The van der Waals surface area contributed by atoms with Gasteiger partial charge in [-0.05, 0) is 26.0 Å². The van der Waals surface area contributed by atoms with E-state index in [1.54, 1.807) is 6.20 Å². The molecule has 0 radical (unpaired) electrons. The van der Waals surface area contributed by atoms with Crippen molar-refractivity contribution in [2.24, 2.45) is 0 Å². The first-order valence-corrected chi connectivity index (χ1v) is 6.86. The highest BCUT2D eigenvalue weighted by molar-refractivity contribution is 5.27. The second-order valence-corrected chi connectivity index (χ2v) is 4.62. The van der Waals surface area contributed by atoms with Gasteiger partial charge in [0.15, 0.2) is 0 Å². The Labute approximate surface area is 117 Å². The molecule has 1 N–H and O–H groups in total. The minimum Gasteiger partial charge on any atom is -0.334 e. The first-order chi connectivity index (χ1) is 9.67. The number of rotatable bonds is 6. The van der Waals surface area contributed by atoms with Crippen LogP contribution in [0.2, 0.25) is 0 Å². The predicted molar refractivity (Wildman–Crippen MR) is 74.4 cm³/mol. The van der Waals surface area contributed by atoms with Gasteiger partial charge in [-0.1, -0.05) is 13.0 Å². The van der Waals surface area contributed by atoms with E-state index in [0.29, 0.717) is 5.56 Å². The van der Waals surface area contributed by atoms with Crippen LogP contribution in [0.1, 0.15) is 37.7 Å². The van der Waals surface area contributed by atoms with Gasteiger partial charge in [0, 0.05) is 30.6 Å². The largest absolute Gasteiger partial charge is 0.334 e. The smallest absolute Gasteiger partial charge is 0.131 e. The fourth-order valence-electron chi connectivity index (χ4n) is 2.21. The molecule has 5 heteroatoms. The average Bonchev–Trinajstić information content (AvgIpc) is 2.89. The van der Waals surface area contributed by atoms with E-state index in [1.807, 2.05) is 24.6 Å². The molecular formula is C15H19F2N3. The van der Waals surface area contributed by atoms with Crippen molar-refractivity contribution in [1.82, 2.24) is 14.9 Å². The summed E-state index contributed by atoms with van der Waals surface area (Å²) < 4.78 is 29.1. The number of benzene rings is 1. The number of nitrogens with zero attached hydrogens (tertiary/aromatic N) is 2. The monoisotopic (exact) mass is 279 g/mol. The molecular weight excluding hydrogens is 260 g/mol. The zero-order valence-electron chi connectivity index (χ0n) is 11.7. The summed E-state index contributed by atoms with van der Waals surface area (Å²) in [5.74, 6) is -0.380. The van der Waals surface area contributed by atoms with Gasteiger partial charge < -0.3 is 9.88 Å². The van der Waals surface area contributed by atoms with Crippen molar-refractivity contribution in [2.75, 3.05) is 6.54 Å². The molecule has 0 amide bonds. The maximum atomic E-state index is 14.0. The van der Waals surface area contributed by atoms with Crippen LogP contribution in [0.15, 0.2) is 30.6 Å². The lowest BCUT2D eigenvalue weighted by molar-refractivity contribution is 0.504. The van der Waals surface area contributed by atoms with Crippen molar-refractivity contribution >= 4 is 0 Å². The lowest BCUT2D eigenvalue weighted by atomic mass is 10.0. The number of nitrogens with one attached hydrogen (secondary N) is 1. The van der Waals surface area contributed by atoms with Crippen LogP contribution in [0.5, 0.6) is 0 Å². The standard InChI is InChI=1S/C15H19F2N3/c1-3-7-18-14(15-19-8-9-20(15)4-2)12-6-5-11(16)10-13(12)17/h5-6,8-10,14,18H,3-4,7H2,1-2H3. The van der Waals surface area contributed by atoms with Crippen LogP contribution < -0.4 is 5.32 Å². The summed E-state index contributed by atoms with van der Waals surface area (Å²) in [5, 5.41) is 3.28. The van der Waals surface area contributed by atoms with E-state index < -0.39 is 11.6 Å². The third kappa shape index (κ3) is 3.04. The Hall–Kier alpha value is -1.75. The molecule has 1 atom stereocenters. The summed E-state index contributed by atoms with van der Waals surface area (Å²) in [6.45, 7) is 5.53. The Morgan fingerprint density at radius 1 is 1.30 bits per heavy atom. The number of imidazole rings is 1. The predicted octanol–water partition coefficient (Wildman–Crippen LogP) is 3.27. The van der Waals surface area contributed by atoms with Crippen LogP contribution in [-0.2, 0) is 6.54 Å². The van der Waals surface area contributed by atoms with Crippen LogP contribution in [0, 0.1) is 11.6 Å². The molecule has 2 rings (SSSR count). The molecule has 108 valence electrons. The molecule has 1 aromatic heterocycles. The highest BCUT2D eigenvalue weighted by Crippen LogP contribution is 2.24. The van der Waals surface area contributed by atoms with Gasteiger partial charge in [0.2, 0.25) is 0 Å². The number of hydrogen-bond acceptors (Lipinski definition) is 2. The molecule has 0 saturated heterocycles. The third-order valence-electron chi connectivity index (χ3n) is 3.22. The Morgan fingerprint density at radius 2 is 2.10 bits per heavy atom. The summed E-state index contributed by atoms with van der Waals surface area (Å²) in [7, 11) is 0. The molecule has 0 saturated carbocycles. The fourth-order valence-corrected chi connectivity index (χ4v) is 2.21. The minimum atomic E-state index is -0.570. The second kappa shape index (κ2) is 6.61. The van der Waals surface area contributed by atoms with E-state index in [2.05, 4.69) is 10.3 Å². The highest BCUT2D eigenvalue weighted by Gasteiger charge is 2.21. The third-order valence-corrected chi connectivity index (χ3v) is 3.22. The van der Waals surface area contributed by atoms with Crippen molar-refractivity contribution in [3.63, 3.8) is 0 Å². The van der Waals surface area contributed by atoms with Crippen molar-refractivity contribution < 1.29 is 8.78 Å². The van der Waals surface area contributed by atoms with E-state index in [1.165, 1.54) is 12.1 Å². The lowest BCUT2D eigenvalue weighted by Gasteiger charge is -2.20. The number of hydrogen-bond donors (Lipinski definition) is 1. The van der Waals surface area contributed by atoms with Crippen LogP contribution in [0.4, 0.5) is 8.78 Å². The number of aryl methyl sites for hydroxylation is 1. The van der Waals surface area contributed by atoms with Gasteiger partial charge in [0.25, 0.3) is 0 Å². The van der Waals surface area contributed by atoms with Crippen molar-refractivity contribution in [3.05, 3.63) is 53.6 Å². The molecule has 2 aromatic rings. The maximum Gasteiger partial charge on any atom is 0.131 e. The number of aromatic nitrogens is 2. The molecule has 0 fully saturated rings. The molecule has 1 aromatic carbocycles. The Bertz CT molecular complexity index is 566. The van der Waals surface area contributed by atoms with E-state index in [4.69, 9.17) is 0 Å². The van der Waals surface area contributed by atoms with Gasteiger partial charge in [0.1, 0.15) is 17.5 Å². The zero-order valence-corrected chi connectivity index (χ0v) is 11.7. The van der Waals surface area contributed by atoms with Crippen LogP contribution >= 0.6 is 0 Å². The molecule has 20 heavy (non-hydrogen) atoms. The molecule has 1 unspecified atom stereocenters. The van der Waals surface area contributed by atoms with Gasteiger partial charge >= 0.3 is 0 Å². The van der Waals surface area contributed by atoms with Crippen molar-refractivity contribution in [3.8, 4) is 0 Å². The van der Waals surface area contributed by atoms with Gasteiger partial charge in [-0.2, -0.15) is 0 Å². The zero-order chi connectivity index (χ0) is 14.5. The van der Waals surface area contributed by atoms with Crippen LogP contribution in [0.3, 0.4) is 0 Å². The summed E-state index contributed by atoms with van der Waals surface area (Å²) in [5.41, 5.74) is 0.417. The summed E-state index contributed by atoms with van der Waals surface area (Å²) >= 11 is 0. The van der Waals surface area contributed by atoms with Gasteiger partial charge in [-0.25, -0.2) is 13.8 Å². The summed E-state index contributed by atoms with van der Waals surface area (Å²) in [6, 6.07) is 3.30. The minimum absolute atomic E-state index is 0.370. The van der Waals surface area contributed by atoms with Crippen molar-refractivity contribution in [2.45, 2.75) is 32.9 Å². The maximum absolute atomic E-state index is 14.0. The van der Waals surface area contributed by atoms with Crippen LogP contribution in [0.25, 0.3) is 0 Å². The molecule has 3 nitrogen and oxygen atoms in total. The summed E-state index contributed by atoms with van der Waals surface area (Å²) in [6.07, 6.45) is 4.48. The first-order valence-electron chi connectivity index (χ1n) is 6.86. The van der Waals surface area contributed by atoms with Gasteiger partial charge in [-0.15, -0.1) is 0 Å². The fraction of sp³-hybridized carbons (Fsp3) is 0.400. The lowest BCUT2D eigenvalue weighted by Crippen LogP contribution is -2.27. The highest BCUT2D eigenvalue weighted by atomic mass is 19.1. The molecule has 0 bridgehead atoms. The summed E-state index contributed by atoms with van der Waals surface area (Å²) in [4.78, 5) is 4.32. The topological polar surface area (TPSA) is 29.9 Å². The van der Waals surface area contributed by atoms with E-state index in [-0.39, 0.29) is 6.04 Å². The second-order valence-electron chi connectivity index (χ2n) is 4.62. The molecule has 0 aliphatic heterocycles. The SMILES string of the molecule is CCCNC(c1ccc(F)cc1F)c1nccn1CC. The van der Waals surface area contributed by atoms with E-state index in [9.17, 15) is 8.78 Å². The van der Waals surface area contributed by atoms with E-state index in [0.717, 1.165) is 31.4 Å². The van der Waals surface area contributed by atoms with Crippen molar-refractivity contribution in [1.29, 1.82) is 0 Å². The Kier molecular flexibility index (Phi) is 4.84. The molecule has 0 spiro atoms. The quantitative estimate of drug-likeness (QED) is 0.879. The molecule has 0 aliphatic carbocycles. The number of halogens is 2. The normalized spacial score (nSPS) is 12.6. The van der Waals surface area contributed by atoms with Gasteiger partial charge in [0.05, 0.1) is 6.04 Å². The Balaban J connectivity index is 2.41. The first kappa shape index (κ1) is 14.7. The van der Waals surface area contributed by atoms with E-state index >= 15 is 0 Å². The van der Waals surface area contributed by atoms with Gasteiger partial charge in [-0.3, -0.25) is 0 Å². The average molecular weight is 279 g/mol.